The first-order valence-electron chi connectivity index (χ1n) is 8.26. The molecule has 118 valence electrons. The van der Waals surface area contributed by atoms with E-state index in [1.54, 1.807) is 0 Å². The molecule has 1 N–H and O–H groups in total. The van der Waals surface area contributed by atoms with Gasteiger partial charge in [0.15, 0.2) is 5.82 Å². The Labute approximate surface area is 132 Å². The first-order valence-corrected chi connectivity index (χ1v) is 8.26. The van der Waals surface area contributed by atoms with Gasteiger partial charge in [0.25, 0.3) is 0 Å². The van der Waals surface area contributed by atoms with Gasteiger partial charge in [-0.1, -0.05) is 43.5 Å². The number of aromatic nitrogens is 2. The molecule has 0 aliphatic heterocycles. The summed E-state index contributed by atoms with van der Waals surface area (Å²) < 4.78 is 0. The van der Waals surface area contributed by atoms with Crippen LogP contribution in [0.15, 0.2) is 24.3 Å². The molecule has 2 aromatic rings. The Morgan fingerprint density at radius 3 is 2.41 bits per heavy atom. The van der Waals surface area contributed by atoms with Crippen LogP contribution in [0.1, 0.15) is 37.8 Å². The van der Waals surface area contributed by atoms with E-state index in [-0.39, 0.29) is 5.54 Å². The fraction of sp³-hybridized carbons (Fsp3) is 0.556. The van der Waals surface area contributed by atoms with Crippen molar-refractivity contribution in [2.24, 2.45) is 0 Å². The predicted octanol–water partition coefficient (Wildman–Crippen LogP) is 3.61. The van der Waals surface area contributed by atoms with Crippen molar-refractivity contribution in [2.75, 3.05) is 26.0 Å². The van der Waals surface area contributed by atoms with Gasteiger partial charge in [0.1, 0.15) is 0 Å². The van der Waals surface area contributed by atoms with Crippen molar-refractivity contribution in [3.63, 3.8) is 0 Å². The lowest BCUT2D eigenvalue weighted by Crippen LogP contribution is -2.51. The molecule has 0 bridgehead atoms. The number of anilines is 1. The van der Waals surface area contributed by atoms with Crippen molar-refractivity contribution in [1.29, 1.82) is 0 Å². The molecule has 22 heavy (non-hydrogen) atoms. The highest BCUT2D eigenvalue weighted by Gasteiger charge is 2.34. The largest absolute Gasteiger partial charge is 0.366 e. The summed E-state index contributed by atoms with van der Waals surface area (Å²) in [6, 6.07) is 8.37. The lowest BCUT2D eigenvalue weighted by molar-refractivity contribution is 0.113. The third-order valence-electron chi connectivity index (χ3n) is 5.19. The highest BCUT2D eigenvalue weighted by atomic mass is 15.2. The van der Waals surface area contributed by atoms with E-state index in [4.69, 9.17) is 0 Å². The Hall–Kier alpha value is -1.68. The standard InChI is InChI=1S/C18H26N4/c1-14-15-9-5-6-10-16(15)17(21-20-14)19-13-18(22(2)3)11-7-4-8-12-18/h5-6,9-10H,4,7-8,11-13H2,1-3H3,(H,19,21). The molecule has 1 heterocycles. The summed E-state index contributed by atoms with van der Waals surface area (Å²) in [5, 5.41) is 14.7. The van der Waals surface area contributed by atoms with Crippen LogP contribution in [0, 0.1) is 6.92 Å². The Balaban J connectivity index is 1.85. The van der Waals surface area contributed by atoms with Crippen molar-refractivity contribution >= 4 is 16.6 Å². The third kappa shape index (κ3) is 2.80. The lowest BCUT2D eigenvalue weighted by atomic mass is 9.80. The van der Waals surface area contributed by atoms with E-state index in [0.29, 0.717) is 0 Å². The van der Waals surface area contributed by atoms with Gasteiger partial charge in [-0.25, -0.2) is 0 Å². The number of nitrogens with one attached hydrogen (secondary N) is 1. The monoisotopic (exact) mass is 298 g/mol. The Morgan fingerprint density at radius 2 is 1.73 bits per heavy atom. The zero-order chi connectivity index (χ0) is 15.6. The molecule has 1 aliphatic carbocycles. The van der Waals surface area contributed by atoms with Crippen molar-refractivity contribution in [1.82, 2.24) is 15.1 Å². The Morgan fingerprint density at radius 1 is 1.05 bits per heavy atom. The van der Waals surface area contributed by atoms with Crippen LogP contribution in [-0.4, -0.2) is 41.3 Å². The molecule has 1 aliphatic rings. The molecule has 4 heteroatoms. The van der Waals surface area contributed by atoms with E-state index in [9.17, 15) is 0 Å². The molecule has 0 spiro atoms. The van der Waals surface area contributed by atoms with Crippen LogP contribution in [0.25, 0.3) is 10.8 Å². The SMILES string of the molecule is Cc1nnc(NCC2(N(C)C)CCCCC2)c2ccccc12. The summed E-state index contributed by atoms with van der Waals surface area (Å²) in [7, 11) is 4.40. The van der Waals surface area contributed by atoms with Crippen LogP contribution in [0.3, 0.4) is 0 Å². The van der Waals surface area contributed by atoms with Gasteiger partial charge in [0.05, 0.1) is 5.69 Å². The summed E-state index contributed by atoms with van der Waals surface area (Å²) in [6.07, 6.45) is 6.51. The summed E-state index contributed by atoms with van der Waals surface area (Å²) in [6.45, 7) is 2.95. The topological polar surface area (TPSA) is 41.1 Å². The zero-order valence-electron chi connectivity index (χ0n) is 13.9. The van der Waals surface area contributed by atoms with E-state index in [0.717, 1.165) is 18.1 Å². The second-order valence-corrected chi connectivity index (χ2v) is 6.71. The summed E-state index contributed by atoms with van der Waals surface area (Å²) in [5.41, 5.74) is 1.23. The maximum Gasteiger partial charge on any atom is 0.156 e. The number of likely N-dealkylation sites (N-methyl/N-ethyl adjacent to an activating group) is 1. The van der Waals surface area contributed by atoms with E-state index in [1.807, 2.05) is 6.92 Å². The van der Waals surface area contributed by atoms with Gasteiger partial charge in [0, 0.05) is 22.9 Å². The van der Waals surface area contributed by atoms with E-state index < -0.39 is 0 Å². The minimum absolute atomic E-state index is 0.242. The van der Waals surface area contributed by atoms with Crippen LogP contribution >= 0.6 is 0 Å². The summed E-state index contributed by atoms with van der Waals surface area (Å²) in [5.74, 6) is 0.910. The molecule has 0 radical (unpaired) electrons. The second kappa shape index (κ2) is 6.21. The fourth-order valence-electron chi connectivity index (χ4n) is 3.61. The highest BCUT2D eigenvalue weighted by Crippen LogP contribution is 2.33. The molecule has 1 aromatic carbocycles. The highest BCUT2D eigenvalue weighted by molar-refractivity contribution is 5.92. The van der Waals surface area contributed by atoms with Gasteiger partial charge >= 0.3 is 0 Å². The number of aryl methyl sites for hydroxylation is 1. The maximum atomic E-state index is 4.40. The quantitative estimate of drug-likeness (QED) is 0.936. The number of benzene rings is 1. The molecule has 3 rings (SSSR count). The molecule has 1 saturated carbocycles. The van der Waals surface area contributed by atoms with Crippen LogP contribution in [-0.2, 0) is 0 Å². The first kappa shape index (κ1) is 15.2. The summed E-state index contributed by atoms with van der Waals surface area (Å²) in [4.78, 5) is 2.39. The van der Waals surface area contributed by atoms with E-state index in [2.05, 4.69) is 58.8 Å². The molecule has 1 aromatic heterocycles. The normalized spacial score (nSPS) is 17.8. The number of rotatable bonds is 4. The molecule has 4 nitrogen and oxygen atoms in total. The third-order valence-corrected chi connectivity index (χ3v) is 5.19. The van der Waals surface area contributed by atoms with Crippen LogP contribution in [0.2, 0.25) is 0 Å². The van der Waals surface area contributed by atoms with Gasteiger partial charge in [-0.3, -0.25) is 0 Å². The molecule has 0 amide bonds. The Bertz CT molecular complexity index is 645. The zero-order valence-corrected chi connectivity index (χ0v) is 13.9. The van der Waals surface area contributed by atoms with Crippen molar-refractivity contribution < 1.29 is 0 Å². The van der Waals surface area contributed by atoms with Gasteiger partial charge in [0.2, 0.25) is 0 Å². The molecule has 0 atom stereocenters. The Kier molecular flexibility index (Phi) is 4.30. The summed E-state index contributed by atoms with van der Waals surface area (Å²) >= 11 is 0. The van der Waals surface area contributed by atoms with E-state index >= 15 is 0 Å². The predicted molar refractivity (Wildman–Crippen MR) is 92.3 cm³/mol. The molecule has 1 fully saturated rings. The van der Waals surface area contributed by atoms with Crippen molar-refractivity contribution in [3.8, 4) is 0 Å². The smallest absolute Gasteiger partial charge is 0.156 e. The number of hydrogen-bond acceptors (Lipinski definition) is 4. The van der Waals surface area contributed by atoms with Gasteiger partial charge in [-0.15, -0.1) is 5.10 Å². The van der Waals surface area contributed by atoms with Crippen LogP contribution < -0.4 is 5.32 Å². The average Bonchev–Trinajstić information content (AvgIpc) is 2.55. The van der Waals surface area contributed by atoms with Crippen molar-refractivity contribution in [2.45, 2.75) is 44.6 Å². The van der Waals surface area contributed by atoms with E-state index in [1.165, 1.54) is 42.9 Å². The maximum absolute atomic E-state index is 4.40. The fourth-order valence-corrected chi connectivity index (χ4v) is 3.61. The minimum atomic E-state index is 0.242. The first-order chi connectivity index (χ1) is 10.6. The second-order valence-electron chi connectivity index (χ2n) is 6.71. The average molecular weight is 298 g/mol. The minimum Gasteiger partial charge on any atom is -0.366 e. The van der Waals surface area contributed by atoms with Gasteiger partial charge in [-0.05, 0) is 33.9 Å². The molecule has 0 unspecified atom stereocenters. The molecular formula is C18H26N4. The van der Waals surface area contributed by atoms with Crippen LogP contribution in [0.4, 0.5) is 5.82 Å². The molecule has 0 saturated heterocycles. The van der Waals surface area contributed by atoms with Crippen LogP contribution in [0.5, 0.6) is 0 Å². The number of nitrogens with zero attached hydrogens (tertiary/aromatic N) is 3. The van der Waals surface area contributed by atoms with Crippen molar-refractivity contribution in [3.05, 3.63) is 30.0 Å². The van der Waals surface area contributed by atoms with Gasteiger partial charge < -0.3 is 10.2 Å². The van der Waals surface area contributed by atoms with Gasteiger partial charge in [-0.2, -0.15) is 5.10 Å². The lowest BCUT2D eigenvalue weighted by Gasteiger charge is -2.43. The number of hydrogen-bond donors (Lipinski definition) is 1. The molecular weight excluding hydrogens is 272 g/mol. The number of fused-ring (bicyclic) bond motifs is 1.